The van der Waals surface area contributed by atoms with Crippen LogP contribution in [-0.2, 0) is 17.8 Å². The Bertz CT molecular complexity index is 786. The number of nitrogens with one attached hydrogen (secondary N) is 1. The predicted molar refractivity (Wildman–Crippen MR) is 101 cm³/mol. The molecule has 0 aliphatic heterocycles. The number of ether oxygens (including phenoxy) is 1. The van der Waals surface area contributed by atoms with E-state index in [0.29, 0.717) is 6.61 Å². The number of aromatic nitrogens is 1. The van der Waals surface area contributed by atoms with Crippen molar-refractivity contribution >= 4 is 17.2 Å². The number of carbonyl (C=O) groups is 1. The molecule has 0 radical (unpaired) electrons. The van der Waals surface area contributed by atoms with Crippen molar-refractivity contribution in [2.24, 2.45) is 0 Å². The van der Waals surface area contributed by atoms with E-state index in [4.69, 9.17) is 4.74 Å². The van der Waals surface area contributed by atoms with E-state index < -0.39 is 5.54 Å². The van der Waals surface area contributed by atoms with Crippen LogP contribution in [0.15, 0.2) is 29.6 Å². The number of amides is 1. The number of nitrogens with zero attached hydrogens (tertiary/aromatic N) is 2. The number of nitriles is 1. The third-order valence-electron chi connectivity index (χ3n) is 4.62. The van der Waals surface area contributed by atoms with Gasteiger partial charge in [-0.25, -0.2) is 4.98 Å². The van der Waals surface area contributed by atoms with Crippen LogP contribution in [0.2, 0.25) is 0 Å². The molecule has 1 N–H and O–H groups in total. The summed E-state index contributed by atoms with van der Waals surface area (Å²) >= 11 is 1.48. The van der Waals surface area contributed by atoms with E-state index in [-0.39, 0.29) is 12.3 Å². The van der Waals surface area contributed by atoms with E-state index in [2.05, 4.69) is 16.4 Å². The highest BCUT2D eigenvalue weighted by molar-refractivity contribution is 7.09. The van der Waals surface area contributed by atoms with Crippen molar-refractivity contribution in [3.8, 4) is 11.8 Å². The lowest BCUT2D eigenvalue weighted by Gasteiger charge is -2.31. The molecule has 6 heteroatoms. The van der Waals surface area contributed by atoms with Gasteiger partial charge in [-0.1, -0.05) is 37.0 Å². The Labute approximate surface area is 158 Å². The van der Waals surface area contributed by atoms with Gasteiger partial charge >= 0.3 is 0 Å². The molecule has 1 saturated carbocycles. The molecule has 1 heterocycles. The smallest absolute Gasteiger partial charge is 0.227 e. The highest BCUT2D eigenvalue weighted by atomic mass is 32.1. The van der Waals surface area contributed by atoms with Gasteiger partial charge in [0.1, 0.15) is 22.9 Å². The summed E-state index contributed by atoms with van der Waals surface area (Å²) in [6, 6.07) is 10.2. The fourth-order valence-corrected chi connectivity index (χ4v) is 3.88. The van der Waals surface area contributed by atoms with Crippen LogP contribution in [0, 0.1) is 18.3 Å². The van der Waals surface area contributed by atoms with Gasteiger partial charge in [-0.2, -0.15) is 5.26 Å². The van der Waals surface area contributed by atoms with E-state index in [1.165, 1.54) is 16.9 Å². The second-order valence-corrected chi connectivity index (χ2v) is 7.76. The van der Waals surface area contributed by atoms with E-state index >= 15 is 0 Å². The van der Waals surface area contributed by atoms with E-state index in [9.17, 15) is 10.1 Å². The molecule has 1 amide bonds. The lowest BCUT2D eigenvalue weighted by atomic mass is 9.83. The number of hydrogen-bond acceptors (Lipinski definition) is 5. The SMILES string of the molecule is Cc1ccc(OCc2nc(CC(=O)NC3(C#N)CCCCC3)cs2)cc1. The zero-order chi connectivity index (χ0) is 18.4. The number of carbonyl (C=O) groups excluding carboxylic acids is 1. The summed E-state index contributed by atoms with van der Waals surface area (Å²) in [4.78, 5) is 16.8. The average molecular weight is 369 g/mol. The van der Waals surface area contributed by atoms with Crippen molar-refractivity contribution in [1.82, 2.24) is 10.3 Å². The van der Waals surface area contributed by atoms with Crippen LogP contribution >= 0.6 is 11.3 Å². The van der Waals surface area contributed by atoms with E-state index in [1.54, 1.807) is 0 Å². The molecule has 3 rings (SSSR count). The van der Waals surface area contributed by atoms with Crippen molar-refractivity contribution in [3.63, 3.8) is 0 Å². The highest BCUT2D eigenvalue weighted by Gasteiger charge is 2.33. The van der Waals surface area contributed by atoms with Crippen molar-refractivity contribution in [3.05, 3.63) is 45.9 Å². The standard InChI is InChI=1S/C20H23N3O2S/c1-15-5-7-17(8-6-15)25-12-19-22-16(13-26-19)11-18(24)23-20(14-21)9-3-2-4-10-20/h5-8,13H,2-4,9-12H2,1H3,(H,23,24). The number of aryl methyl sites for hydroxylation is 1. The average Bonchev–Trinajstić information content (AvgIpc) is 3.09. The van der Waals surface area contributed by atoms with E-state index in [1.807, 2.05) is 36.6 Å². The highest BCUT2D eigenvalue weighted by Crippen LogP contribution is 2.27. The van der Waals surface area contributed by atoms with Gasteiger partial charge in [0.25, 0.3) is 0 Å². The van der Waals surface area contributed by atoms with Crippen LogP contribution in [-0.4, -0.2) is 16.4 Å². The molecular weight excluding hydrogens is 346 g/mol. The minimum Gasteiger partial charge on any atom is -0.486 e. The lowest BCUT2D eigenvalue weighted by molar-refractivity contribution is -0.122. The lowest BCUT2D eigenvalue weighted by Crippen LogP contribution is -2.49. The predicted octanol–water partition coefficient (Wildman–Crippen LogP) is 3.92. The van der Waals surface area contributed by atoms with Gasteiger partial charge in [0.2, 0.25) is 5.91 Å². The van der Waals surface area contributed by atoms with Crippen LogP contribution in [0.4, 0.5) is 0 Å². The van der Waals surface area contributed by atoms with Gasteiger partial charge in [0.05, 0.1) is 18.2 Å². The van der Waals surface area contributed by atoms with Gasteiger partial charge in [0.15, 0.2) is 0 Å². The first-order valence-corrected chi connectivity index (χ1v) is 9.82. The fraction of sp³-hybridized carbons (Fsp3) is 0.450. The van der Waals surface area contributed by atoms with Gasteiger partial charge < -0.3 is 10.1 Å². The monoisotopic (exact) mass is 369 g/mol. The largest absolute Gasteiger partial charge is 0.486 e. The molecule has 1 aliphatic carbocycles. The van der Waals surface area contributed by atoms with Gasteiger partial charge in [-0.05, 0) is 31.9 Å². The molecule has 5 nitrogen and oxygen atoms in total. The molecule has 1 fully saturated rings. The Morgan fingerprint density at radius 1 is 1.31 bits per heavy atom. The van der Waals surface area contributed by atoms with Crippen LogP contribution in [0.3, 0.4) is 0 Å². The first kappa shape index (κ1) is 18.4. The van der Waals surface area contributed by atoms with Crippen molar-refractivity contribution in [1.29, 1.82) is 5.26 Å². The molecular formula is C20H23N3O2S. The Morgan fingerprint density at radius 2 is 2.04 bits per heavy atom. The molecule has 26 heavy (non-hydrogen) atoms. The molecule has 2 aromatic rings. The van der Waals surface area contributed by atoms with Crippen LogP contribution < -0.4 is 10.1 Å². The minimum atomic E-state index is -0.692. The molecule has 1 aromatic heterocycles. The van der Waals surface area contributed by atoms with Crippen LogP contribution in [0.1, 0.15) is 48.4 Å². The molecule has 1 aromatic carbocycles. The number of rotatable bonds is 6. The van der Waals surface area contributed by atoms with E-state index in [0.717, 1.165) is 48.6 Å². The number of benzene rings is 1. The van der Waals surface area contributed by atoms with Crippen molar-refractivity contribution in [2.45, 2.75) is 57.6 Å². The maximum Gasteiger partial charge on any atom is 0.227 e. The zero-order valence-electron chi connectivity index (χ0n) is 15.0. The zero-order valence-corrected chi connectivity index (χ0v) is 15.8. The Balaban J connectivity index is 1.52. The summed E-state index contributed by atoms with van der Waals surface area (Å²) in [7, 11) is 0. The second kappa shape index (κ2) is 8.33. The maximum absolute atomic E-state index is 12.3. The molecule has 0 bridgehead atoms. The summed E-state index contributed by atoms with van der Waals surface area (Å²) in [6.45, 7) is 2.42. The van der Waals surface area contributed by atoms with Gasteiger partial charge in [-0.3, -0.25) is 4.79 Å². The quantitative estimate of drug-likeness (QED) is 0.837. The van der Waals surface area contributed by atoms with Crippen molar-refractivity contribution in [2.75, 3.05) is 0 Å². The normalized spacial score (nSPS) is 15.8. The van der Waals surface area contributed by atoms with Crippen LogP contribution in [0.5, 0.6) is 5.75 Å². The molecule has 0 atom stereocenters. The number of thiazole rings is 1. The summed E-state index contributed by atoms with van der Waals surface area (Å²) in [5.74, 6) is 0.670. The molecule has 0 unspecified atom stereocenters. The summed E-state index contributed by atoms with van der Waals surface area (Å²) < 4.78 is 5.72. The number of hydrogen-bond donors (Lipinski definition) is 1. The van der Waals surface area contributed by atoms with Gasteiger partial charge in [-0.15, -0.1) is 11.3 Å². The minimum absolute atomic E-state index is 0.134. The molecule has 136 valence electrons. The third-order valence-corrected chi connectivity index (χ3v) is 5.50. The summed E-state index contributed by atoms with van der Waals surface area (Å²) in [6.07, 6.45) is 4.79. The molecule has 0 spiro atoms. The van der Waals surface area contributed by atoms with Crippen LogP contribution in [0.25, 0.3) is 0 Å². The maximum atomic E-state index is 12.3. The third kappa shape index (κ3) is 4.83. The Kier molecular flexibility index (Phi) is 5.89. The first-order chi connectivity index (χ1) is 12.6. The van der Waals surface area contributed by atoms with Gasteiger partial charge in [0, 0.05) is 5.38 Å². The molecule has 0 saturated heterocycles. The summed E-state index contributed by atoms with van der Waals surface area (Å²) in [5.41, 5.74) is 1.22. The Hall–Kier alpha value is -2.39. The fourth-order valence-electron chi connectivity index (χ4n) is 3.17. The molecule has 1 aliphatic rings. The second-order valence-electron chi connectivity index (χ2n) is 6.81. The van der Waals surface area contributed by atoms with Crippen molar-refractivity contribution < 1.29 is 9.53 Å². The Morgan fingerprint density at radius 3 is 2.73 bits per heavy atom. The summed E-state index contributed by atoms with van der Waals surface area (Å²) in [5, 5.41) is 15.1. The topological polar surface area (TPSA) is 75.0 Å². The first-order valence-electron chi connectivity index (χ1n) is 8.94.